The normalized spacial score (nSPS) is 18.2. The van der Waals surface area contributed by atoms with Crippen LogP contribution in [0.25, 0.3) is 11.0 Å². The second kappa shape index (κ2) is 6.49. The number of imidazole rings is 1. The van der Waals surface area contributed by atoms with Gasteiger partial charge in [-0.3, -0.25) is 9.69 Å². The molecule has 1 aliphatic rings. The van der Waals surface area contributed by atoms with Crippen LogP contribution in [0.3, 0.4) is 0 Å². The number of rotatable bonds is 5. The summed E-state index contributed by atoms with van der Waals surface area (Å²) in [5.41, 5.74) is 2.72. The average Bonchev–Trinajstić information content (AvgIpc) is 3.33. The van der Waals surface area contributed by atoms with Gasteiger partial charge in [-0.2, -0.15) is 0 Å². The molecular weight excluding hydrogens is 302 g/mol. The molecule has 0 unspecified atom stereocenters. The molecule has 3 heterocycles. The first-order valence-electron chi connectivity index (χ1n) is 8.35. The van der Waals surface area contributed by atoms with Crippen molar-refractivity contribution in [1.29, 1.82) is 0 Å². The number of amides is 1. The van der Waals surface area contributed by atoms with Crippen LogP contribution >= 0.6 is 0 Å². The molecule has 1 atom stereocenters. The molecule has 0 bridgehead atoms. The van der Waals surface area contributed by atoms with Gasteiger partial charge in [-0.1, -0.05) is 12.1 Å². The SMILES string of the molecule is O=C(NC[C@H]1CCN(Cc2nc3ccccc3[nH]2)C1)c1ccc[nH]1. The van der Waals surface area contributed by atoms with Gasteiger partial charge in [0.2, 0.25) is 0 Å². The molecule has 1 aromatic carbocycles. The van der Waals surface area contributed by atoms with E-state index in [4.69, 9.17) is 0 Å². The maximum atomic E-state index is 12.0. The fraction of sp³-hybridized carbons (Fsp3) is 0.333. The van der Waals surface area contributed by atoms with E-state index in [1.54, 1.807) is 12.3 Å². The molecule has 0 radical (unpaired) electrons. The Kier molecular flexibility index (Phi) is 4.04. The van der Waals surface area contributed by atoms with Gasteiger partial charge in [0.25, 0.3) is 5.91 Å². The van der Waals surface area contributed by atoms with Crippen LogP contribution in [0, 0.1) is 5.92 Å². The van der Waals surface area contributed by atoms with Crippen LogP contribution in [-0.4, -0.2) is 45.4 Å². The van der Waals surface area contributed by atoms with Crippen LogP contribution in [0.5, 0.6) is 0 Å². The zero-order valence-corrected chi connectivity index (χ0v) is 13.5. The number of fused-ring (bicyclic) bond motifs is 1. The number of nitrogens with zero attached hydrogens (tertiary/aromatic N) is 2. The molecule has 0 saturated carbocycles. The molecular formula is C18H21N5O. The number of carbonyl (C=O) groups is 1. The maximum Gasteiger partial charge on any atom is 0.267 e. The summed E-state index contributed by atoms with van der Waals surface area (Å²) in [6.45, 7) is 3.58. The highest BCUT2D eigenvalue weighted by Gasteiger charge is 2.23. The largest absolute Gasteiger partial charge is 0.357 e. The third kappa shape index (κ3) is 3.19. The van der Waals surface area contributed by atoms with Crippen molar-refractivity contribution in [3.05, 3.63) is 54.1 Å². The Bertz CT molecular complexity index is 790. The second-order valence-electron chi connectivity index (χ2n) is 6.38. The lowest BCUT2D eigenvalue weighted by atomic mass is 10.1. The van der Waals surface area contributed by atoms with Crippen molar-refractivity contribution in [2.24, 2.45) is 5.92 Å². The second-order valence-corrected chi connectivity index (χ2v) is 6.38. The van der Waals surface area contributed by atoms with Gasteiger partial charge in [-0.15, -0.1) is 0 Å². The van der Waals surface area contributed by atoms with E-state index in [1.807, 2.05) is 24.3 Å². The highest BCUT2D eigenvalue weighted by Crippen LogP contribution is 2.19. The zero-order valence-electron chi connectivity index (χ0n) is 13.5. The number of aromatic nitrogens is 3. The van der Waals surface area contributed by atoms with E-state index < -0.39 is 0 Å². The number of likely N-dealkylation sites (tertiary alicyclic amines) is 1. The van der Waals surface area contributed by atoms with Crippen molar-refractivity contribution < 1.29 is 4.79 Å². The summed E-state index contributed by atoms with van der Waals surface area (Å²) >= 11 is 0. The molecule has 1 amide bonds. The van der Waals surface area contributed by atoms with Crippen molar-refractivity contribution in [3.63, 3.8) is 0 Å². The van der Waals surface area contributed by atoms with Crippen LogP contribution < -0.4 is 5.32 Å². The van der Waals surface area contributed by atoms with Gasteiger partial charge in [0.05, 0.1) is 17.6 Å². The number of carbonyl (C=O) groups excluding carboxylic acids is 1. The zero-order chi connectivity index (χ0) is 16.4. The molecule has 1 saturated heterocycles. The van der Waals surface area contributed by atoms with E-state index >= 15 is 0 Å². The summed E-state index contributed by atoms with van der Waals surface area (Å²) in [5.74, 6) is 1.47. The standard InChI is InChI=1S/C18H21N5O/c24-18(16-6-3-8-19-16)20-10-13-7-9-23(11-13)12-17-21-14-4-1-2-5-15(14)22-17/h1-6,8,13,19H,7,9-12H2,(H,20,24)(H,21,22)/t13-/m1/s1. The Labute approximate surface area is 140 Å². The fourth-order valence-electron chi connectivity index (χ4n) is 3.32. The number of para-hydroxylation sites is 2. The fourth-order valence-corrected chi connectivity index (χ4v) is 3.32. The van der Waals surface area contributed by atoms with Crippen LogP contribution in [0.1, 0.15) is 22.7 Å². The van der Waals surface area contributed by atoms with Gasteiger partial charge in [0, 0.05) is 19.3 Å². The van der Waals surface area contributed by atoms with Crippen molar-refractivity contribution in [2.75, 3.05) is 19.6 Å². The van der Waals surface area contributed by atoms with Crippen LogP contribution in [-0.2, 0) is 6.54 Å². The molecule has 2 aromatic heterocycles. The van der Waals surface area contributed by atoms with E-state index in [1.165, 1.54) is 0 Å². The van der Waals surface area contributed by atoms with Gasteiger partial charge >= 0.3 is 0 Å². The van der Waals surface area contributed by atoms with E-state index in [2.05, 4.69) is 31.2 Å². The molecule has 0 aliphatic carbocycles. The summed E-state index contributed by atoms with van der Waals surface area (Å²) in [4.78, 5) is 25.3. The van der Waals surface area contributed by atoms with Crippen LogP contribution in [0.15, 0.2) is 42.6 Å². The molecule has 124 valence electrons. The molecule has 3 N–H and O–H groups in total. The average molecular weight is 323 g/mol. The van der Waals surface area contributed by atoms with Gasteiger partial charge in [0.15, 0.2) is 0 Å². The number of nitrogens with one attached hydrogen (secondary N) is 3. The first-order chi connectivity index (χ1) is 11.8. The number of H-pyrrole nitrogens is 2. The molecule has 24 heavy (non-hydrogen) atoms. The number of hydrogen-bond donors (Lipinski definition) is 3. The molecule has 1 fully saturated rings. The van der Waals surface area contributed by atoms with Crippen LogP contribution in [0.2, 0.25) is 0 Å². The number of aromatic amines is 2. The minimum Gasteiger partial charge on any atom is -0.357 e. The van der Waals surface area contributed by atoms with E-state index in [9.17, 15) is 4.79 Å². The number of hydrogen-bond acceptors (Lipinski definition) is 3. The lowest BCUT2D eigenvalue weighted by molar-refractivity contribution is 0.0943. The van der Waals surface area contributed by atoms with Crippen molar-refractivity contribution >= 4 is 16.9 Å². The first-order valence-corrected chi connectivity index (χ1v) is 8.35. The summed E-state index contributed by atoms with van der Waals surface area (Å²) < 4.78 is 0. The third-order valence-corrected chi connectivity index (χ3v) is 4.58. The highest BCUT2D eigenvalue weighted by atomic mass is 16.1. The van der Waals surface area contributed by atoms with E-state index in [0.29, 0.717) is 18.2 Å². The summed E-state index contributed by atoms with van der Waals surface area (Å²) in [5, 5.41) is 3.01. The Morgan fingerprint density at radius 1 is 1.29 bits per heavy atom. The number of benzene rings is 1. The molecule has 0 spiro atoms. The van der Waals surface area contributed by atoms with Crippen molar-refractivity contribution in [2.45, 2.75) is 13.0 Å². The van der Waals surface area contributed by atoms with Gasteiger partial charge in [-0.25, -0.2) is 4.98 Å². The Morgan fingerprint density at radius 2 is 2.21 bits per heavy atom. The summed E-state index contributed by atoms with van der Waals surface area (Å²) in [7, 11) is 0. The lowest BCUT2D eigenvalue weighted by Crippen LogP contribution is -2.31. The van der Waals surface area contributed by atoms with Gasteiger partial charge in [0.1, 0.15) is 11.5 Å². The van der Waals surface area contributed by atoms with Gasteiger partial charge in [-0.05, 0) is 43.1 Å². The molecule has 1 aliphatic heterocycles. The monoisotopic (exact) mass is 323 g/mol. The van der Waals surface area contributed by atoms with Crippen molar-refractivity contribution in [1.82, 2.24) is 25.2 Å². The van der Waals surface area contributed by atoms with Crippen molar-refractivity contribution in [3.8, 4) is 0 Å². The minimum absolute atomic E-state index is 0.0317. The summed E-state index contributed by atoms with van der Waals surface area (Å²) in [6.07, 6.45) is 2.87. The highest BCUT2D eigenvalue weighted by molar-refractivity contribution is 5.92. The van der Waals surface area contributed by atoms with E-state index in [-0.39, 0.29) is 5.91 Å². The summed E-state index contributed by atoms with van der Waals surface area (Å²) in [6, 6.07) is 11.7. The predicted molar refractivity (Wildman–Crippen MR) is 92.6 cm³/mol. The molecule has 6 nitrogen and oxygen atoms in total. The predicted octanol–water partition coefficient (Wildman–Crippen LogP) is 2.14. The minimum atomic E-state index is -0.0317. The van der Waals surface area contributed by atoms with E-state index in [0.717, 1.165) is 42.9 Å². The van der Waals surface area contributed by atoms with Gasteiger partial charge < -0.3 is 15.3 Å². The topological polar surface area (TPSA) is 76.8 Å². The molecule has 6 heteroatoms. The molecule has 4 rings (SSSR count). The maximum absolute atomic E-state index is 12.0. The Balaban J connectivity index is 1.29. The third-order valence-electron chi connectivity index (χ3n) is 4.58. The van der Waals surface area contributed by atoms with Crippen LogP contribution in [0.4, 0.5) is 0 Å². The molecule has 3 aromatic rings. The Morgan fingerprint density at radius 3 is 3.04 bits per heavy atom. The Hall–Kier alpha value is -2.60. The lowest BCUT2D eigenvalue weighted by Gasteiger charge is -2.14. The quantitative estimate of drug-likeness (QED) is 0.673. The smallest absolute Gasteiger partial charge is 0.267 e. The first kappa shape index (κ1) is 15.0.